The maximum Gasteiger partial charge on any atom is 0.339 e. The van der Waals surface area contributed by atoms with Gasteiger partial charge in [-0.05, 0) is 26.0 Å². The summed E-state index contributed by atoms with van der Waals surface area (Å²) in [4.78, 5) is 11.4. The highest BCUT2D eigenvalue weighted by atomic mass is 32.2. The molecule has 0 saturated heterocycles. The quantitative estimate of drug-likeness (QED) is 0.735. The summed E-state index contributed by atoms with van der Waals surface area (Å²) in [6.45, 7) is 3.49. The zero-order chi connectivity index (χ0) is 12.1. The van der Waals surface area contributed by atoms with Gasteiger partial charge in [-0.25, -0.2) is 18.4 Å². The Morgan fingerprint density at radius 2 is 1.94 bits per heavy atom. The van der Waals surface area contributed by atoms with Crippen molar-refractivity contribution in [3.63, 3.8) is 0 Å². The number of hydrogen-bond acceptors (Lipinski definition) is 4. The molecule has 0 unspecified atom stereocenters. The molecule has 0 bridgehead atoms. The van der Waals surface area contributed by atoms with Gasteiger partial charge < -0.3 is 4.74 Å². The third-order valence-corrected chi connectivity index (χ3v) is 3.45. The molecule has 86 valence electrons. The van der Waals surface area contributed by atoms with E-state index in [-0.39, 0.29) is 10.5 Å². The molecule has 1 heterocycles. The predicted molar refractivity (Wildman–Crippen MR) is 56.3 cm³/mol. The van der Waals surface area contributed by atoms with E-state index in [1.165, 1.54) is 12.1 Å². The van der Waals surface area contributed by atoms with Crippen LogP contribution in [0.1, 0.15) is 29.8 Å². The van der Waals surface area contributed by atoms with Crippen molar-refractivity contribution < 1.29 is 17.9 Å². The summed E-state index contributed by atoms with van der Waals surface area (Å²) in [6, 6.07) is 4.18. The van der Waals surface area contributed by atoms with Crippen LogP contribution < -0.4 is 5.14 Å². The van der Waals surface area contributed by atoms with Crippen LogP contribution in [0.15, 0.2) is 23.1 Å². The van der Waals surface area contributed by atoms with Gasteiger partial charge >= 0.3 is 5.97 Å². The van der Waals surface area contributed by atoms with Gasteiger partial charge in [-0.1, -0.05) is 6.07 Å². The van der Waals surface area contributed by atoms with E-state index in [0.29, 0.717) is 5.56 Å². The second-order valence-corrected chi connectivity index (χ2v) is 5.71. The van der Waals surface area contributed by atoms with Crippen molar-refractivity contribution in [2.24, 2.45) is 5.14 Å². The molecular weight excluding hydrogens is 230 g/mol. The highest BCUT2D eigenvalue weighted by Gasteiger charge is 2.38. The van der Waals surface area contributed by atoms with Gasteiger partial charge in [0.2, 0.25) is 10.0 Å². The smallest absolute Gasteiger partial charge is 0.339 e. The lowest BCUT2D eigenvalue weighted by Crippen LogP contribution is -2.16. The Labute approximate surface area is 93.3 Å². The minimum absolute atomic E-state index is 0.0825. The van der Waals surface area contributed by atoms with Crippen LogP contribution in [-0.2, 0) is 20.4 Å². The zero-order valence-electron chi connectivity index (χ0n) is 8.85. The molecule has 0 atom stereocenters. The Balaban J connectivity index is 2.66. The van der Waals surface area contributed by atoms with Crippen LogP contribution in [0, 0.1) is 0 Å². The highest BCUT2D eigenvalue weighted by Crippen LogP contribution is 2.36. The lowest BCUT2D eigenvalue weighted by atomic mass is 9.96. The number of sulfonamides is 1. The van der Waals surface area contributed by atoms with Crippen LogP contribution in [0.2, 0.25) is 0 Å². The van der Waals surface area contributed by atoms with Crippen LogP contribution in [-0.4, -0.2) is 14.4 Å². The molecule has 0 radical (unpaired) electrons. The van der Waals surface area contributed by atoms with E-state index in [1.54, 1.807) is 19.9 Å². The minimum Gasteiger partial charge on any atom is -0.451 e. The Bertz CT molecular complexity index is 574. The molecule has 1 aliphatic heterocycles. The average Bonchev–Trinajstić information content (AvgIpc) is 2.36. The van der Waals surface area contributed by atoms with E-state index in [2.05, 4.69) is 0 Å². The molecule has 0 amide bonds. The maximum absolute atomic E-state index is 11.5. The summed E-state index contributed by atoms with van der Waals surface area (Å²) >= 11 is 0. The number of carbonyl (C=O) groups excluding carboxylic acids is 1. The van der Waals surface area contributed by atoms with Gasteiger partial charge in [-0.3, -0.25) is 0 Å². The largest absolute Gasteiger partial charge is 0.451 e. The van der Waals surface area contributed by atoms with E-state index in [9.17, 15) is 13.2 Å². The van der Waals surface area contributed by atoms with Gasteiger partial charge in [-0.2, -0.15) is 0 Å². The highest BCUT2D eigenvalue weighted by molar-refractivity contribution is 7.89. The van der Waals surface area contributed by atoms with Gasteiger partial charge in [-0.15, -0.1) is 0 Å². The second kappa shape index (κ2) is 3.05. The SMILES string of the molecule is CC1(C)OC(=O)c2cc(S(N)(=O)=O)ccc21. The summed E-state index contributed by atoms with van der Waals surface area (Å²) in [7, 11) is -3.79. The first-order valence-electron chi connectivity index (χ1n) is 4.62. The van der Waals surface area contributed by atoms with E-state index < -0.39 is 21.6 Å². The van der Waals surface area contributed by atoms with Gasteiger partial charge in [0, 0.05) is 5.56 Å². The Morgan fingerprint density at radius 1 is 1.31 bits per heavy atom. The molecule has 16 heavy (non-hydrogen) atoms. The average molecular weight is 241 g/mol. The van der Waals surface area contributed by atoms with E-state index in [0.717, 1.165) is 0 Å². The molecule has 2 rings (SSSR count). The van der Waals surface area contributed by atoms with Gasteiger partial charge in [0.25, 0.3) is 0 Å². The summed E-state index contributed by atoms with van der Waals surface area (Å²) in [6.07, 6.45) is 0. The third-order valence-electron chi connectivity index (χ3n) is 2.54. The van der Waals surface area contributed by atoms with Crippen LogP contribution >= 0.6 is 0 Å². The van der Waals surface area contributed by atoms with Crippen LogP contribution in [0.25, 0.3) is 0 Å². The summed E-state index contributed by atoms with van der Waals surface area (Å²) in [5, 5.41) is 4.98. The first-order valence-corrected chi connectivity index (χ1v) is 6.17. The Kier molecular flexibility index (Phi) is 2.12. The molecule has 1 aliphatic rings. The molecule has 0 aromatic heterocycles. The number of hydrogen-bond donors (Lipinski definition) is 1. The van der Waals surface area contributed by atoms with Crippen molar-refractivity contribution in [3.8, 4) is 0 Å². The molecule has 2 N–H and O–H groups in total. The van der Waals surface area contributed by atoms with Crippen molar-refractivity contribution >= 4 is 16.0 Å². The fourth-order valence-corrected chi connectivity index (χ4v) is 2.28. The minimum atomic E-state index is -3.79. The van der Waals surface area contributed by atoms with Crippen molar-refractivity contribution in [1.82, 2.24) is 0 Å². The first-order chi connectivity index (χ1) is 7.22. The van der Waals surface area contributed by atoms with E-state index in [4.69, 9.17) is 9.88 Å². The fraction of sp³-hybridized carbons (Fsp3) is 0.300. The van der Waals surface area contributed by atoms with Crippen molar-refractivity contribution in [1.29, 1.82) is 0 Å². The molecule has 1 aromatic carbocycles. The normalized spacial score (nSPS) is 18.1. The molecule has 0 saturated carbocycles. The Morgan fingerprint density at radius 3 is 2.50 bits per heavy atom. The first kappa shape index (κ1) is 11.1. The van der Waals surface area contributed by atoms with Crippen molar-refractivity contribution in [2.45, 2.75) is 24.3 Å². The monoisotopic (exact) mass is 241 g/mol. The number of carbonyl (C=O) groups is 1. The number of cyclic esters (lactones) is 1. The van der Waals surface area contributed by atoms with Gasteiger partial charge in [0.05, 0.1) is 10.5 Å². The van der Waals surface area contributed by atoms with Crippen LogP contribution in [0.3, 0.4) is 0 Å². The summed E-state index contributed by atoms with van der Waals surface area (Å²) in [5.74, 6) is -0.523. The zero-order valence-corrected chi connectivity index (χ0v) is 9.67. The number of nitrogens with two attached hydrogens (primary N) is 1. The number of rotatable bonds is 1. The molecule has 0 aliphatic carbocycles. The van der Waals surface area contributed by atoms with Gasteiger partial charge in [0.1, 0.15) is 5.60 Å². The summed E-state index contributed by atoms with van der Waals surface area (Å²) < 4.78 is 27.4. The maximum atomic E-state index is 11.5. The lowest BCUT2D eigenvalue weighted by molar-refractivity contribution is 0.00954. The number of ether oxygens (including phenoxy) is 1. The van der Waals surface area contributed by atoms with Crippen LogP contribution in [0.4, 0.5) is 0 Å². The van der Waals surface area contributed by atoms with Crippen molar-refractivity contribution in [2.75, 3.05) is 0 Å². The number of esters is 1. The molecule has 5 nitrogen and oxygen atoms in total. The van der Waals surface area contributed by atoms with E-state index >= 15 is 0 Å². The second-order valence-electron chi connectivity index (χ2n) is 4.15. The number of fused-ring (bicyclic) bond motifs is 1. The van der Waals surface area contributed by atoms with Gasteiger partial charge in [0.15, 0.2) is 0 Å². The lowest BCUT2D eigenvalue weighted by Gasteiger charge is -2.17. The summed E-state index contributed by atoms with van der Waals surface area (Å²) in [5.41, 5.74) is 0.213. The molecule has 0 spiro atoms. The number of benzene rings is 1. The molecular formula is C10H11NO4S. The topological polar surface area (TPSA) is 86.5 Å². The third kappa shape index (κ3) is 1.60. The molecule has 0 fully saturated rings. The molecule has 1 aromatic rings. The van der Waals surface area contributed by atoms with Crippen LogP contribution in [0.5, 0.6) is 0 Å². The molecule has 6 heteroatoms. The Hall–Kier alpha value is -1.40. The fourth-order valence-electron chi connectivity index (χ4n) is 1.74. The standard InChI is InChI=1S/C10H11NO4S/c1-10(2)8-4-3-6(16(11,13)14)5-7(8)9(12)15-10/h3-5H,1-2H3,(H2,11,13,14). The van der Waals surface area contributed by atoms with Crippen molar-refractivity contribution in [3.05, 3.63) is 29.3 Å². The predicted octanol–water partition coefficient (Wildman–Crippen LogP) is 0.740. The van der Waals surface area contributed by atoms with E-state index in [1.807, 2.05) is 0 Å². The number of primary sulfonamides is 1.